The number of benzene rings is 1. The van der Waals surface area contributed by atoms with Gasteiger partial charge < -0.3 is 9.84 Å². The predicted molar refractivity (Wildman–Crippen MR) is 79.9 cm³/mol. The van der Waals surface area contributed by atoms with E-state index in [1.54, 1.807) is 13.2 Å². The van der Waals surface area contributed by atoms with Crippen LogP contribution >= 0.6 is 0 Å². The van der Waals surface area contributed by atoms with Gasteiger partial charge in [0.15, 0.2) is 0 Å². The van der Waals surface area contributed by atoms with Crippen LogP contribution in [0, 0.1) is 5.82 Å². The molecule has 116 valence electrons. The molecule has 1 atom stereocenters. The second kappa shape index (κ2) is 5.93. The van der Waals surface area contributed by atoms with Crippen LogP contribution in [0.1, 0.15) is 50.2 Å². The summed E-state index contributed by atoms with van der Waals surface area (Å²) in [6, 6.07) is 4.42. The van der Waals surface area contributed by atoms with Crippen LogP contribution in [-0.2, 0) is 0 Å². The molecule has 1 heterocycles. The summed E-state index contributed by atoms with van der Waals surface area (Å²) in [5.74, 6) is 0.258. The molecule has 1 saturated carbocycles. The van der Waals surface area contributed by atoms with Gasteiger partial charge in [0.25, 0.3) is 0 Å². The maximum atomic E-state index is 13.7. The quantitative estimate of drug-likeness (QED) is 0.924. The number of methoxy groups -OCH3 is 1. The van der Waals surface area contributed by atoms with Crippen molar-refractivity contribution in [3.63, 3.8) is 0 Å². The molecule has 4 heteroatoms. The molecule has 2 aliphatic rings. The van der Waals surface area contributed by atoms with E-state index < -0.39 is 6.10 Å². The highest BCUT2D eigenvalue weighted by Crippen LogP contribution is 2.47. The van der Waals surface area contributed by atoms with Crippen molar-refractivity contribution in [3.05, 3.63) is 29.6 Å². The molecule has 3 rings (SSSR count). The van der Waals surface area contributed by atoms with E-state index in [0.717, 1.165) is 38.8 Å². The lowest BCUT2D eigenvalue weighted by atomic mass is 9.84. The molecule has 0 radical (unpaired) electrons. The molecule has 2 fully saturated rings. The van der Waals surface area contributed by atoms with E-state index in [9.17, 15) is 9.50 Å². The lowest BCUT2D eigenvalue weighted by molar-refractivity contribution is -0.0207. The zero-order chi connectivity index (χ0) is 14.9. The van der Waals surface area contributed by atoms with Gasteiger partial charge in [-0.25, -0.2) is 4.39 Å². The Morgan fingerprint density at radius 2 is 1.86 bits per heavy atom. The second-order valence-corrected chi connectivity index (χ2v) is 6.29. The van der Waals surface area contributed by atoms with Crippen molar-refractivity contribution in [3.8, 4) is 5.75 Å². The lowest BCUT2D eigenvalue weighted by Crippen LogP contribution is -2.49. The number of ether oxygens (including phenoxy) is 1. The Morgan fingerprint density at radius 3 is 2.48 bits per heavy atom. The lowest BCUT2D eigenvalue weighted by Gasteiger charge is -2.43. The van der Waals surface area contributed by atoms with Crippen molar-refractivity contribution < 1.29 is 14.2 Å². The van der Waals surface area contributed by atoms with E-state index in [1.807, 2.05) is 0 Å². The minimum atomic E-state index is -0.691. The summed E-state index contributed by atoms with van der Waals surface area (Å²) in [6.45, 7) is 2.07. The Balaban J connectivity index is 1.98. The molecule has 21 heavy (non-hydrogen) atoms. The van der Waals surface area contributed by atoms with Gasteiger partial charge in [-0.1, -0.05) is 12.8 Å². The molecular formula is C17H24FNO2. The zero-order valence-electron chi connectivity index (χ0n) is 12.6. The monoisotopic (exact) mass is 293 g/mol. The van der Waals surface area contributed by atoms with Gasteiger partial charge in [-0.15, -0.1) is 0 Å². The van der Waals surface area contributed by atoms with Gasteiger partial charge in [0.1, 0.15) is 17.7 Å². The molecule has 3 nitrogen and oxygen atoms in total. The normalized spacial score (nSPS) is 23.4. The molecule has 1 aromatic carbocycles. The molecule has 1 aliphatic heterocycles. The summed E-state index contributed by atoms with van der Waals surface area (Å²) >= 11 is 0. The number of rotatable bonds is 4. The first-order valence-electron chi connectivity index (χ1n) is 7.94. The van der Waals surface area contributed by atoms with Crippen molar-refractivity contribution in [2.24, 2.45) is 0 Å². The first-order chi connectivity index (χ1) is 10.2. The largest absolute Gasteiger partial charge is 0.496 e. The Labute approximate surface area is 125 Å². The van der Waals surface area contributed by atoms with Gasteiger partial charge in [0.05, 0.1) is 12.6 Å². The SMILES string of the molecule is COc1ccc(F)cc1C(O)C1(N2CCCC2)CCCC1. The fourth-order valence-corrected chi connectivity index (χ4v) is 4.12. The van der Waals surface area contributed by atoms with Crippen LogP contribution in [0.3, 0.4) is 0 Å². The van der Waals surface area contributed by atoms with Crippen molar-refractivity contribution in [2.45, 2.75) is 50.2 Å². The highest BCUT2D eigenvalue weighted by Gasteiger charge is 2.47. The predicted octanol–water partition coefficient (Wildman–Crippen LogP) is 3.28. The summed E-state index contributed by atoms with van der Waals surface area (Å²) in [6.07, 6.45) is 5.91. The maximum Gasteiger partial charge on any atom is 0.124 e. The van der Waals surface area contributed by atoms with Gasteiger partial charge in [0.2, 0.25) is 0 Å². The van der Waals surface area contributed by atoms with Gasteiger partial charge in [-0.3, -0.25) is 4.90 Å². The van der Waals surface area contributed by atoms with Gasteiger partial charge in [0, 0.05) is 5.56 Å². The van der Waals surface area contributed by atoms with Crippen LogP contribution in [0.5, 0.6) is 5.75 Å². The fraction of sp³-hybridized carbons (Fsp3) is 0.647. The number of halogens is 1. The summed E-state index contributed by atoms with van der Waals surface area (Å²) < 4.78 is 19.0. The zero-order valence-corrected chi connectivity index (χ0v) is 12.6. The molecule has 0 amide bonds. The van der Waals surface area contributed by atoms with Crippen molar-refractivity contribution in [1.29, 1.82) is 0 Å². The number of nitrogens with zero attached hydrogens (tertiary/aromatic N) is 1. The smallest absolute Gasteiger partial charge is 0.124 e. The fourth-order valence-electron chi connectivity index (χ4n) is 4.12. The van der Waals surface area contributed by atoms with Crippen molar-refractivity contribution in [1.82, 2.24) is 4.90 Å². The van der Waals surface area contributed by atoms with Gasteiger partial charge >= 0.3 is 0 Å². The summed E-state index contributed by atoms with van der Waals surface area (Å²) in [5.41, 5.74) is 0.351. The molecule has 1 unspecified atom stereocenters. The summed E-state index contributed by atoms with van der Waals surface area (Å²) in [5, 5.41) is 11.1. The molecule has 1 aromatic rings. The molecule has 0 spiro atoms. The van der Waals surface area contributed by atoms with Crippen LogP contribution in [0.25, 0.3) is 0 Å². The topological polar surface area (TPSA) is 32.7 Å². The first kappa shape index (κ1) is 14.8. The summed E-state index contributed by atoms with van der Waals surface area (Å²) in [7, 11) is 1.57. The highest BCUT2D eigenvalue weighted by molar-refractivity contribution is 5.38. The van der Waals surface area contributed by atoms with Gasteiger partial charge in [-0.2, -0.15) is 0 Å². The standard InChI is InChI=1S/C17H24FNO2/c1-21-15-7-6-13(18)12-14(15)16(20)17(8-2-3-9-17)19-10-4-5-11-19/h6-7,12,16,20H,2-5,8-11H2,1H3. The van der Waals surface area contributed by atoms with E-state index in [2.05, 4.69) is 4.90 Å². The third kappa shape index (κ3) is 2.55. The van der Waals surface area contributed by atoms with E-state index >= 15 is 0 Å². The number of hydrogen-bond acceptors (Lipinski definition) is 3. The molecule has 0 bridgehead atoms. The van der Waals surface area contributed by atoms with Crippen molar-refractivity contribution >= 4 is 0 Å². The molecule has 1 saturated heterocycles. The third-order valence-corrected chi connectivity index (χ3v) is 5.20. The van der Waals surface area contributed by atoms with E-state index in [0.29, 0.717) is 11.3 Å². The average molecular weight is 293 g/mol. The van der Waals surface area contributed by atoms with Crippen LogP contribution in [0.15, 0.2) is 18.2 Å². The number of aliphatic hydroxyl groups excluding tert-OH is 1. The maximum absolute atomic E-state index is 13.7. The number of likely N-dealkylation sites (tertiary alicyclic amines) is 1. The van der Waals surface area contributed by atoms with Crippen LogP contribution in [0.4, 0.5) is 4.39 Å². The molecule has 1 N–H and O–H groups in total. The van der Waals surface area contributed by atoms with E-state index in [1.165, 1.54) is 25.0 Å². The van der Waals surface area contributed by atoms with E-state index in [4.69, 9.17) is 4.74 Å². The third-order valence-electron chi connectivity index (χ3n) is 5.20. The second-order valence-electron chi connectivity index (χ2n) is 6.29. The first-order valence-corrected chi connectivity index (χ1v) is 7.94. The van der Waals surface area contributed by atoms with Crippen LogP contribution < -0.4 is 4.74 Å². The Kier molecular flexibility index (Phi) is 4.18. The van der Waals surface area contributed by atoms with Crippen LogP contribution in [-0.4, -0.2) is 35.7 Å². The summed E-state index contributed by atoms with van der Waals surface area (Å²) in [4.78, 5) is 2.43. The number of aliphatic hydroxyl groups is 1. The Bertz CT molecular complexity index is 494. The van der Waals surface area contributed by atoms with Gasteiger partial charge in [-0.05, 0) is 57.0 Å². The van der Waals surface area contributed by atoms with E-state index in [-0.39, 0.29) is 11.4 Å². The van der Waals surface area contributed by atoms with Crippen molar-refractivity contribution in [2.75, 3.05) is 20.2 Å². The Morgan fingerprint density at radius 1 is 1.19 bits per heavy atom. The molecule has 1 aliphatic carbocycles. The molecule has 0 aromatic heterocycles. The number of hydrogen-bond donors (Lipinski definition) is 1. The minimum Gasteiger partial charge on any atom is -0.496 e. The van der Waals surface area contributed by atoms with Crippen LogP contribution in [0.2, 0.25) is 0 Å². The Hall–Kier alpha value is -1.13. The molecular weight excluding hydrogens is 269 g/mol. The average Bonchev–Trinajstić information content (AvgIpc) is 3.18. The minimum absolute atomic E-state index is 0.239. The highest BCUT2D eigenvalue weighted by atomic mass is 19.1.